The highest BCUT2D eigenvalue weighted by molar-refractivity contribution is 5.80. The molecule has 0 aliphatic rings. The SMILES string of the molecule is COc1ccc(CNC(=O)COC(=O)CCNC(=O)OC(C)(C)C)cc1. The normalized spacial score (nSPS) is 10.6. The molecule has 1 aromatic carbocycles. The molecule has 0 fully saturated rings. The number of rotatable bonds is 8. The number of methoxy groups -OCH3 is 1. The van der Waals surface area contributed by atoms with E-state index in [4.69, 9.17) is 14.2 Å². The van der Waals surface area contributed by atoms with E-state index in [1.807, 2.05) is 12.1 Å². The van der Waals surface area contributed by atoms with Crippen LogP contribution < -0.4 is 15.4 Å². The molecule has 0 aliphatic heterocycles. The van der Waals surface area contributed by atoms with E-state index in [1.165, 1.54) is 0 Å². The quantitative estimate of drug-likeness (QED) is 0.680. The third-order valence-corrected chi connectivity index (χ3v) is 3.01. The Hall–Kier alpha value is -2.77. The highest BCUT2D eigenvalue weighted by Crippen LogP contribution is 2.10. The molecule has 0 radical (unpaired) electrons. The van der Waals surface area contributed by atoms with E-state index >= 15 is 0 Å². The molecule has 0 aliphatic carbocycles. The van der Waals surface area contributed by atoms with Crippen molar-refractivity contribution in [1.29, 1.82) is 0 Å². The van der Waals surface area contributed by atoms with Crippen molar-refractivity contribution in [2.45, 2.75) is 39.3 Å². The first-order valence-electron chi connectivity index (χ1n) is 8.21. The van der Waals surface area contributed by atoms with Crippen LogP contribution in [0, 0.1) is 0 Å². The summed E-state index contributed by atoms with van der Waals surface area (Å²) in [6, 6.07) is 7.24. The number of carbonyl (C=O) groups is 3. The van der Waals surface area contributed by atoms with Gasteiger partial charge < -0.3 is 24.8 Å². The Morgan fingerprint density at radius 3 is 2.27 bits per heavy atom. The van der Waals surface area contributed by atoms with E-state index in [9.17, 15) is 14.4 Å². The molecule has 144 valence electrons. The second kappa shape index (κ2) is 10.3. The zero-order valence-electron chi connectivity index (χ0n) is 15.6. The van der Waals surface area contributed by atoms with Gasteiger partial charge in [0.1, 0.15) is 11.4 Å². The summed E-state index contributed by atoms with van der Waals surface area (Å²) in [6.45, 7) is 5.24. The molecule has 0 spiro atoms. The summed E-state index contributed by atoms with van der Waals surface area (Å²) in [6.07, 6.45) is -0.659. The van der Waals surface area contributed by atoms with E-state index in [2.05, 4.69) is 10.6 Å². The zero-order valence-corrected chi connectivity index (χ0v) is 15.6. The molecule has 0 bridgehead atoms. The van der Waals surface area contributed by atoms with Crippen LogP contribution in [0.25, 0.3) is 0 Å². The van der Waals surface area contributed by atoms with Gasteiger partial charge in [0.15, 0.2) is 6.61 Å². The zero-order chi connectivity index (χ0) is 19.6. The number of esters is 1. The fourth-order valence-electron chi connectivity index (χ4n) is 1.79. The van der Waals surface area contributed by atoms with Crippen LogP contribution in [0.3, 0.4) is 0 Å². The largest absolute Gasteiger partial charge is 0.497 e. The van der Waals surface area contributed by atoms with Gasteiger partial charge in [-0.25, -0.2) is 4.79 Å². The van der Waals surface area contributed by atoms with Gasteiger partial charge in [-0.1, -0.05) is 12.1 Å². The maximum absolute atomic E-state index is 11.7. The van der Waals surface area contributed by atoms with E-state index in [0.717, 1.165) is 11.3 Å². The average molecular weight is 366 g/mol. The van der Waals surface area contributed by atoms with Gasteiger partial charge >= 0.3 is 12.1 Å². The summed E-state index contributed by atoms with van der Waals surface area (Å²) in [5.74, 6) is -0.260. The van der Waals surface area contributed by atoms with Crippen molar-refractivity contribution in [1.82, 2.24) is 10.6 Å². The Bertz CT molecular complexity index is 607. The van der Waals surface area contributed by atoms with E-state index < -0.39 is 23.6 Å². The number of nitrogens with one attached hydrogen (secondary N) is 2. The molecule has 2 N–H and O–H groups in total. The van der Waals surface area contributed by atoms with E-state index in [0.29, 0.717) is 6.54 Å². The minimum absolute atomic E-state index is 0.0506. The molecule has 2 amide bonds. The lowest BCUT2D eigenvalue weighted by molar-refractivity contribution is -0.148. The first-order valence-corrected chi connectivity index (χ1v) is 8.21. The topological polar surface area (TPSA) is 103 Å². The first kappa shape index (κ1) is 21.3. The van der Waals surface area contributed by atoms with Crippen molar-refractivity contribution in [3.05, 3.63) is 29.8 Å². The Morgan fingerprint density at radius 2 is 1.69 bits per heavy atom. The van der Waals surface area contributed by atoms with Crippen molar-refractivity contribution >= 4 is 18.0 Å². The summed E-state index contributed by atoms with van der Waals surface area (Å²) in [5.41, 5.74) is 0.291. The lowest BCUT2D eigenvalue weighted by atomic mass is 10.2. The summed E-state index contributed by atoms with van der Waals surface area (Å²) < 4.78 is 14.9. The molecule has 8 heteroatoms. The third-order valence-electron chi connectivity index (χ3n) is 3.01. The highest BCUT2D eigenvalue weighted by Gasteiger charge is 2.16. The number of amides is 2. The molecule has 1 aromatic rings. The summed E-state index contributed by atoms with van der Waals surface area (Å²) in [4.78, 5) is 34.6. The molecular weight excluding hydrogens is 340 g/mol. The molecule has 26 heavy (non-hydrogen) atoms. The van der Waals surface area contributed by atoms with Crippen molar-refractivity contribution in [2.24, 2.45) is 0 Å². The van der Waals surface area contributed by atoms with Crippen molar-refractivity contribution in [3.8, 4) is 5.75 Å². The number of alkyl carbamates (subject to hydrolysis) is 1. The van der Waals surface area contributed by atoms with Crippen LogP contribution in [-0.2, 0) is 25.6 Å². The van der Waals surface area contributed by atoms with Gasteiger partial charge in [-0.05, 0) is 38.5 Å². The Kier molecular flexibility index (Phi) is 8.41. The maximum atomic E-state index is 11.7. The smallest absolute Gasteiger partial charge is 0.407 e. The fourth-order valence-corrected chi connectivity index (χ4v) is 1.79. The summed E-state index contributed by atoms with van der Waals surface area (Å²) >= 11 is 0. The number of hydrogen-bond donors (Lipinski definition) is 2. The second-order valence-electron chi connectivity index (χ2n) is 6.46. The van der Waals surface area contributed by atoms with Gasteiger partial charge in [-0.15, -0.1) is 0 Å². The number of ether oxygens (including phenoxy) is 3. The van der Waals surface area contributed by atoms with Crippen molar-refractivity contribution < 1.29 is 28.6 Å². The number of benzene rings is 1. The molecule has 0 heterocycles. The van der Waals surface area contributed by atoms with Gasteiger partial charge in [0.05, 0.1) is 13.5 Å². The Labute approximate surface area is 153 Å². The number of carbonyl (C=O) groups excluding carboxylic acids is 3. The van der Waals surface area contributed by atoms with Gasteiger partial charge in [-0.2, -0.15) is 0 Å². The van der Waals surface area contributed by atoms with Crippen LogP contribution in [0.2, 0.25) is 0 Å². The molecule has 8 nitrogen and oxygen atoms in total. The molecule has 0 atom stereocenters. The van der Waals surface area contributed by atoms with Crippen LogP contribution >= 0.6 is 0 Å². The number of hydrogen-bond acceptors (Lipinski definition) is 6. The molecule has 0 saturated heterocycles. The van der Waals surface area contributed by atoms with Gasteiger partial charge in [0.25, 0.3) is 5.91 Å². The summed E-state index contributed by atoms with van der Waals surface area (Å²) in [7, 11) is 1.58. The Morgan fingerprint density at radius 1 is 1.04 bits per heavy atom. The fraction of sp³-hybridized carbons (Fsp3) is 0.500. The maximum Gasteiger partial charge on any atom is 0.407 e. The van der Waals surface area contributed by atoms with Crippen LogP contribution in [-0.4, -0.2) is 43.8 Å². The van der Waals surface area contributed by atoms with Crippen LogP contribution in [0.5, 0.6) is 5.75 Å². The predicted octanol–water partition coefficient (Wildman–Crippen LogP) is 1.77. The highest BCUT2D eigenvalue weighted by atomic mass is 16.6. The van der Waals surface area contributed by atoms with Crippen molar-refractivity contribution in [3.63, 3.8) is 0 Å². The van der Waals surface area contributed by atoms with Crippen LogP contribution in [0.4, 0.5) is 4.79 Å². The van der Waals surface area contributed by atoms with Gasteiger partial charge in [0.2, 0.25) is 0 Å². The molecule has 0 aromatic heterocycles. The van der Waals surface area contributed by atoms with Crippen LogP contribution in [0.1, 0.15) is 32.8 Å². The first-order chi connectivity index (χ1) is 12.2. The average Bonchev–Trinajstić information content (AvgIpc) is 2.57. The lowest BCUT2D eigenvalue weighted by Gasteiger charge is -2.19. The molecule has 1 rings (SSSR count). The van der Waals surface area contributed by atoms with E-state index in [-0.39, 0.29) is 19.6 Å². The summed E-state index contributed by atoms with van der Waals surface area (Å²) in [5, 5.41) is 5.09. The lowest BCUT2D eigenvalue weighted by Crippen LogP contribution is -2.34. The molecular formula is C18H26N2O6. The Balaban J connectivity index is 2.17. The third kappa shape index (κ3) is 9.51. The van der Waals surface area contributed by atoms with E-state index in [1.54, 1.807) is 40.0 Å². The predicted molar refractivity (Wildman–Crippen MR) is 94.7 cm³/mol. The standard InChI is InChI=1S/C18H26N2O6/c1-18(2,3)26-17(23)19-10-9-16(22)25-12-15(21)20-11-13-5-7-14(24-4)8-6-13/h5-8H,9-12H2,1-4H3,(H,19,23)(H,20,21). The minimum atomic E-state index is -0.609. The monoisotopic (exact) mass is 366 g/mol. The second-order valence-corrected chi connectivity index (χ2v) is 6.46. The van der Waals surface area contributed by atoms with Gasteiger partial charge in [0, 0.05) is 13.1 Å². The van der Waals surface area contributed by atoms with Crippen molar-refractivity contribution in [2.75, 3.05) is 20.3 Å². The van der Waals surface area contributed by atoms with Crippen LogP contribution in [0.15, 0.2) is 24.3 Å². The molecule has 0 unspecified atom stereocenters. The van der Waals surface area contributed by atoms with Gasteiger partial charge in [-0.3, -0.25) is 9.59 Å². The molecule has 0 saturated carbocycles. The minimum Gasteiger partial charge on any atom is -0.497 e.